The fourth-order valence-electron chi connectivity index (χ4n) is 2.36. The molecule has 1 aromatic carbocycles. The van der Waals surface area contributed by atoms with Gasteiger partial charge in [-0.15, -0.1) is 0 Å². The van der Waals surface area contributed by atoms with Crippen molar-refractivity contribution >= 4 is 34.8 Å². The van der Waals surface area contributed by atoms with Gasteiger partial charge in [0.2, 0.25) is 0 Å². The Morgan fingerprint density at radius 1 is 1.32 bits per heavy atom. The molecule has 0 bridgehead atoms. The smallest absolute Gasteiger partial charge is 0.0781 e. The van der Waals surface area contributed by atoms with Crippen molar-refractivity contribution in [1.29, 1.82) is 0 Å². The minimum absolute atomic E-state index is 0.134. The van der Waals surface area contributed by atoms with Crippen LogP contribution < -0.4 is 5.32 Å². The predicted molar refractivity (Wildman–Crippen MR) is 81.4 cm³/mol. The summed E-state index contributed by atoms with van der Waals surface area (Å²) < 4.78 is 5.56. The number of hydrogen-bond acceptors (Lipinski definition) is 2. The molecule has 106 valence electrons. The summed E-state index contributed by atoms with van der Waals surface area (Å²) >= 11 is 18.2. The van der Waals surface area contributed by atoms with Gasteiger partial charge in [0.1, 0.15) is 0 Å². The monoisotopic (exact) mass is 321 g/mol. The average Bonchev–Trinajstić information content (AvgIpc) is 2.79. The topological polar surface area (TPSA) is 21.3 Å². The third kappa shape index (κ3) is 3.56. The summed E-state index contributed by atoms with van der Waals surface area (Å²) in [6, 6.07) is 3.84. The van der Waals surface area contributed by atoms with Gasteiger partial charge in [0.25, 0.3) is 0 Å². The van der Waals surface area contributed by atoms with Crippen molar-refractivity contribution in [3.8, 4) is 0 Å². The lowest BCUT2D eigenvalue weighted by molar-refractivity contribution is 0.105. The summed E-state index contributed by atoms with van der Waals surface area (Å²) in [7, 11) is 0. The van der Waals surface area contributed by atoms with Crippen molar-refractivity contribution < 1.29 is 4.74 Å². The minimum Gasteiger partial charge on any atom is -0.378 e. The van der Waals surface area contributed by atoms with Crippen molar-refractivity contribution in [2.75, 3.05) is 13.2 Å². The van der Waals surface area contributed by atoms with Gasteiger partial charge >= 0.3 is 0 Å². The highest BCUT2D eigenvalue weighted by atomic mass is 35.5. The van der Waals surface area contributed by atoms with Crippen LogP contribution in [0.4, 0.5) is 0 Å². The van der Waals surface area contributed by atoms with Gasteiger partial charge in [0.05, 0.1) is 21.2 Å². The molecule has 19 heavy (non-hydrogen) atoms. The van der Waals surface area contributed by atoms with Crippen molar-refractivity contribution in [1.82, 2.24) is 5.32 Å². The van der Waals surface area contributed by atoms with Gasteiger partial charge in [-0.2, -0.15) is 0 Å². The molecular formula is C14H18Cl3NO. The Balaban J connectivity index is 2.00. The molecule has 1 saturated heterocycles. The molecule has 0 saturated carbocycles. The van der Waals surface area contributed by atoms with Gasteiger partial charge in [-0.25, -0.2) is 0 Å². The molecule has 2 rings (SSSR count). The maximum Gasteiger partial charge on any atom is 0.0781 e. The zero-order chi connectivity index (χ0) is 14.0. The van der Waals surface area contributed by atoms with Gasteiger partial charge in [0.15, 0.2) is 0 Å². The molecule has 0 amide bonds. The molecule has 2 nitrogen and oxygen atoms in total. The molecule has 0 radical (unpaired) electrons. The van der Waals surface area contributed by atoms with Gasteiger partial charge < -0.3 is 10.1 Å². The average molecular weight is 323 g/mol. The first kappa shape index (κ1) is 15.4. The third-order valence-corrected chi connectivity index (χ3v) is 5.06. The Hall–Kier alpha value is 0.01000. The normalized spacial score (nSPS) is 24.7. The lowest BCUT2D eigenvalue weighted by Gasteiger charge is -2.20. The fraction of sp³-hybridized carbons (Fsp3) is 0.571. The van der Waals surface area contributed by atoms with E-state index in [1.807, 2.05) is 6.07 Å². The number of rotatable bonds is 4. The summed E-state index contributed by atoms with van der Waals surface area (Å²) in [5.41, 5.74) is 0.975. The van der Waals surface area contributed by atoms with Crippen LogP contribution >= 0.6 is 34.8 Å². The molecule has 3 atom stereocenters. The summed E-state index contributed by atoms with van der Waals surface area (Å²) in [5, 5.41) is 4.93. The van der Waals surface area contributed by atoms with Crippen LogP contribution in [0.15, 0.2) is 12.1 Å². The number of hydrogen-bond donors (Lipinski definition) is 1. The van der Waals surface area contributed by atoms with Crippen molar-refractivity contribution in [2.24, 2.45) is 5.92 Å². The molecule has 1 fully saturated rings. The molecule has 1 aliphatic heterocycles. The van der Waals surface area contributed by atoms with Gasteiger partial charge in [-0.05, 0) is 37.8 Å². The molecule has 0 spiro atoms. The maximum absolute atomic E-state index is 6.24. The third-order valence-electron chi connectivity index (χ3n) is 3.75. The molecule has 1 aromatic rings. The Bertz CT molecular complexity index is 453. The van der Waals surface area contributed by atoms with E-state index in [2.05, 4.69) is 19.2 Å². The van der Waals surface area contributed by atoms with Gasteiger partial charge in [-0.3, -0.25) is 0 Å². The highest BCUT2D eigenvalue weighted by Gasteiger charge is 2.24. The van der Waals surface area contributed by atoms with E-state index in [1.165, 1.54) is 0 Å². The SMILES string of the molecule is CC(NCC1CCOC1C)c1ccc(Cl)c(Cl)c1Cl. The number of ether oxygens (including phenoxy) is 1. The van der Waals surface area contributed by atoms with Crippen LogP contribution in [0.1, 0.15) is 31.9 Å². The molecule has 0 aromatic heterocycles. The Morgan fingerprint density at radius 2 is 2.05 bits per heavy atom. The fourth-order valence-corrected chi connectivity index (χ4v) is 3.06. The first-order chi connectivity index (χ1) is 9.00. The van der Waals surface area contributed by atoms with Crippen LogP contribution in [-0.4, -0.2) is 19.3 Å². The molecule has 0 aliphatic carbocycles. The summed E-state index contributed by atoms with van der Waals surface area (Å²) in [6.45, 7) is 5.97. The molecular weight excluding hydrogens is 305 g/mol. The van der Waals surface area contributed by atoms with Gasteiger partial charge in [0, 0.05) is 19.2 Å². The van der Waals surface area contributed by atoms with E-state index in [0.29, 0.717) is 27.1 Å². The Kier molecular flexibility index (Phi) is 5.38. The van der Waals surface area contributed by atoms with E-state index >= 15 is 0 Å². The van der Waals surface area contributed by atoms with Crippen LogP contribution in [-0.2, 0) is 4.74 Å². The van der Waals surface area contributed by atoms with Crippen LogP contribution in [0.2, 0.25) is 15.1 Å². The van der Waals surface area contributed by atoms with Crippen LogP contribution in [0, 0.1) is 5.92 Å². The van der Waals surface area contributed by atoms with E-state index in [1.54, 1.807) is 6.07 Å². The molecule has 5 heteroatoms. The highest BCUT2D eigenvalue weighted by molar-refractivity contribution is 6.48. The van der Waals surface area contributed by atoms with Gasteiger partial charge in [-0.1, -0.05) is 40.9 Å². The number of benzene rings is 1. The first-order valence-corrected chi connectivity index (χ1v) is 7.62. The van der Waals surface area contributed by atoms with Crippen molar-refractivity contribution in [3.05, 3.63) is 32.8 Å². The molecule has 1 aliphatic rings. The number of halogens is 3. The van der Waals surface area contributed by atoms with Crippen molar-refractivity contribution in [2.45, 2.75) is 32.4 Å². The Labute approximate surface area is 129 Å². The zero-order valence-corrected chi connectivity index (χ0v) is 13.3. The quantitative estimate of drug-likeness (QED) is 0.810. The van der Waals surface area contributed by atoms with E-state index in [-0.39, 0.29) is 6.04 Å². The van der Waals surface area contributed by atoms with Crippen LogP contribution in [0.25, 0.3) is 0 Å². The standard InChI is InChI=1S/C14H18Cl3NO/c1-8(18-7-10-5-6-19-9(10)2)11-3-4-12(15)14(17)13(11)16/h3-4,8-10,18H,5-7H2,1-2H3. The second-order valence-electron chi connectivity index (χ2n) is 5.02. The lowest BCUT2D eigenvalue weighted by atomic mass is 10.0. The van der Waals surface area contributed by atoms with E-state index in [0.717, 1.165) is 25.1 Å². The maximum atomic E-state index is 6.24. The molecule has 1 heterocycles. The van der Waals surface area contributed by atoms with Crippen molar-refractivity contribution in [3.63, 3.8) is 0 Å². The predicted octanol–water partition coefficient (Wildman–Crippen LogP) is 4.72. The van der Waals surface area contributed by atoms with Crippen LogP contribution in [0.3, 0.4) is 0 Å². The highest BCUT2D eigenvalue weighted by Crippen LogP contribution is 2.35. The largest absolute Gasteiger partial charge is 0.378 e. The minimum atomic E-state index is 0.134. The van der Waals surface area contributed by atoms with E-state index in [9.17, 15) is 0 Å². The zero-order valence-electron chi connectivity index (χ0n) is 11.1. The van der Waals surface area contributed by atoms with E-state index in [4.69, 9.17) is 39.5 Å². The second-order valence-corrected chi connectivity index (χ2v) is 6.18. The lowest BCUT2D eigenvalue weighted by Crippen LogP contribution is -2.29. The first-order valence-electron chi connectivity index (χ1n) is 6.49. The van der Waals surface area contributed by atoms with Crippen LogP contribution in [0.5, 0.6) is 0 Å². The summed E-state index contributed by atoms with van der Waals surface area (Å²) in [4.78, 5) is 0. The summed E-state index contributed by atoms with van der Waals surface area (Å²) in [6.07, 6.45) is 1.43. The Morgan fingerprint density at radius 3 is 2.68 bits per heavy atom. The molecule has 1 N–H and O–H groups in total. The number of nitrogens with one attached hydrogen (secondary N) is 1. The van der Waals surface area contributed by atoms with E-state index < -0.39 is 0 Å². The molecule has 3 unspecified atom stereocenters. The summed E-state index contributed by atoms with van der Waals surface area (Å²) in [5.74, 6) is 0.559. The second kappa shape index (κ2) is 6.64.